The predicted molar refractivity (Wildman–Crippen MR) is 60.4 cm³/mol. The molecule has 1 aliphatic rings. The molecule has 15 heavy (non-hydrogen) atoms. The quantitative estimate of drug-likeness (QED) is 0.765. The van der Waals surface area contributed by atoms with Gasteiger partial charge in [0.25, 0.3) is 0 Å². The third-order valence-corrected chi connectivity index (χ3v) is 3.70. The van der Waals surface area contributed by atoms with E-state index in [1.165, 1.54) is 0 Å². The lowest BCUT2D eigenvalue weighted by molar-refractivity contribution is 0.559. The highest BCUT2D eigenvalue weighted by atomic mass is 35.5. The molecule has 4 nitrogen and oxygen atoms in total. The first kappa shape index (κ1) is 9.18. The van der Waals surface area contributed by atoms with E-state index in [1.807, 2.05) is 17.8 Å². The molecule has 78 valence electrons. The molecule has 0 saturated carbocycles. The molecule has 0 amide bonds. The lowest BCUT2D eigenvalue weighted by Crippen LogP contribution is -2.33. The summed E-state index contributed by atoms with van der Waals surface area (Å²) in [6, 6.07) is 0. The summed E-state index contributed by atoms with van der Waals surface area (Å²) >= 11 is 7.39. The van der Waals surface area contributed by atoms with Crippen LogP contribution < -0.4 is 4.90 Å². The minimum atomic E-state index is 0.573. The molecule has 3 rings (SSSR count). The van der Waals surface area contributed by atoms with Crippen molar-refractivity contribution in [3.05, 3.63) is 28.8 Å². The standard InChI is InChI=1S/C9H9ClN4S/c10-7-6-15-9(12-7)14-4-3-13-2-1-11-8(13)5-14/h1-2,6H,3-5H2. The number of imidazole rings is 1. The van der Waals surface area contributed by atoms with Gasteiger partial charge >= 0.3 is 0 Å². The number of rotatable bonds is 1. The second kappa shape index (κ2) is 3.50. The van der Waals surface area contributed by atoms with Crippen molar-refractivity contribution in [2.24, 2.45) is 0 Å². The van der Waals surface area contributed by atoms with Gasteiger partial charge in [-0.05, 0) is 0 Å². The van der Waals surface area contributed by atoms with Crippen molar-refractivity contribution in [2.45, 2.75) is 13.1 Å². The zero-order valence-electron chi connectivity index (χ0n) is 7.93. The number of nitrogens with zero attached hydrogens (tertiary/aromatic N) is 4. The molecule has 0 saturated heterocycles. The molecule has 0 aliphatic carbocycles. The normalized spacial score (nSPS) is 15.4. The van der Waals surface area contributed by atoms with Crippen LogP contribution in [0.15, 0.2) is 17.8 Å². The number of anilines is 1. The molecule has 2 aromatic heterocycles. The molecule has 2 aromatic rings. The summed E-state index contributed by atoms with van der Waals surface area (Å²) in [6.45, 7) is 2.75. The van der Waals surface area contributed by atoms with Crippen LogP contribution in [0.3, 0.4) is 0 Å². The summed E-state index contributed by atoms with van der Waals surface area (Å²) in [4.78, 5) is 10.8. The van der Waals surface area contributed by atoms with Crippen molar-refractivity contribution in [3.8, 4) is 0 Å². The summed E-state index contributed by atoms with van der Waals surface area (Å²) in [5.74, 6) is 1.09. The third-order valence-electron chi connectivity index (χ3n) is 2.48. The first-order chi connectivity index (χ1) is 7.33. The number of hydrogen-bond acceptors (Lipinski definition) is 4. The van der Waals surface area contributed by atoms with Gasteiger partial charge in [-0.15, -0.1) is 11.3 Å². The van der Waals surface area contributed by atoms with Crippen LogP contribution in [0.5, 0.6) is 0 Å². The molecule has 0 spiro atoms. The number of halogens is 1. The van der Waals surface area contributed by atoms with E-state index >= 15 is 0 Å². The van der Waals surface area contributed by atoms with Gasteiger partial charge in [0.1, 0.15) is 11.0 Å². The summed E-state index contributed by atoms with van der Waals surface area (Å²) in [6.07, 6.45) is 3.86. The maximum absolute atomic E-state index is 5.81. The molecule has 0 unspecified atom stereocenters. The summed E-state index contributed by atoms with van der Waals surface area (Å²) in [5.41, 5.74) is 0. The number of fused-ring (bicyclic) bond motifs is 1. The van der Waals surface area contributed by atoms with Crippen molar-refractivity contribution in [2.75, 3.05) is 11.4 Å². The van der Waals surface area contributed by atoms with Gasteiger partial charge in [-0.2, -0.15) is 0 Å². The molecular formula is C9H9ClN4S. The molecule has 0 N–H and O–H groups in total. The Morgan fingerprint density at radius 2 is 2.33 bits per heavy atom. The van der Waals surface area contributed by atoms with Crippen molar-refractivity contribution >= 4 is 28.1 Å². The van der Waals surface area contributed by atoms with E-state index in [2.05, 4.69) is 19.4 Å². The molecular weight excluding hydrogens is 232 g/mol. The maximum Gasteiger partial charge on any atom is 0.187 e. The first-order valence-electron chi connectivity index (χ1n) is 4.69. The molecule has 0 fully saturated rings. The number of aromatic nitrogens is 3. The van der Waals surface area contributed by atoms with Crippen LogP contribution in [0.1, 0.15) is 5.82 Å². The van der Waals surface area contributed by atoms with Crippen LogP contribution in [-0.4, -0.2) is 21.1 Å². The fourth-order valence-electron chi connectivity index (χ4n) is 1.73. The van der Waals surface area contributed by atoms with Crippen LogP contribution in [0.2, 0.25) is 5.15 Å². The molecule has 3 heterocycles. The Morgan fingerprint density at radius 3 is 3.13 bits per heavy atom. The number of hydrogen-bond donors (Lipinski definition) is 0. The van der Waals surface area contributed by atoms with E-state index in [1.54, 1.807) is 11.3 Å². The molecule has 0 aromatic carbocycles. The van der Waals surface area contributed by atoms with Crippen LogP contribution >= 0.6 is 22.9 Å². The van der Waals surface area contributed by atoms with E-state index in [4.69, 9.17) is 11.6 Å². The highest BCUT2D eigenvalue weighted by molar-refractivity contribution is 7.14. The predicted octanol–water partition coefficient (Wildman–Crippen LogP) is 2.01. The fourth-order valence-corrected chi connectivity index (χ4v) is 2.70. The van der Waals surface area contributed by atoms with Crippen LogP contribution in [0, 0.1) is 0 Å². The van der Waals surface area contributed by atoms with Crippen LogP contribution in [-0.2, 0) is 13.1 Å². The Balaban J connectivity index is 1.87. The van der Waals surface area contributed by atoms with Gasteiger partial charge in [0.15, 0.2) is 5.13 Å². The molecule has 0 atom stereocenters. The Labute approximate surface area is 96.1 Å². The van der Waals surface area contributed by atoms with Gasteiger partial charge in [-0.1, -0.05) is 11.6 Å². The van der Waals surface area contributed by atoms with Gasteiger partial charge in [0.05, 0.1) is 6.54 Å². The Bertz CT molecular complexity index is 478. The van der Waals surface area contributed by atoms with Gasteiger partial charge < -0.3 is 9.47 Å². The third kappa shape index (κ3) is 1.61. The largest absolute Gasteiger partial charge is 0.339 e. The average Bonchev–Trinajstić information content (AvgIpc) is 2.84. The summed E-state index contributed by atoms with van der Waals surface area (Å²) < 4.78 is 2.17. The van der Waals surface area contributed by atoms with Gasteiger partial charge in [0.2, 0.25) is 0 Å². The zero-order chi connectivity index (χ0) is 10.3. The Hall–Kier alpha value is -1.07. The van der Waals surface area contributed by atoms with Gasteiger partial charge in [-0.25, -0.2) is 9.97 Å². The lowest BCUT2D eigenvalue weighted by atomic mass is 10.4. The average molecular weight is 241 g/mol. The smallest absolute Gasteiger partial charge is 0.187 e. The summed E-state index contributed by atoms with van der Waals surface area (Å²) in [7, 11) is 0. The van der Waals surface area contributed by atoms with Crippen molar-refractivity contribution in [1.82, 2.24) is 14.5 Å². The van der Waals surface area contributed by atoms with Crippen LogP contribution in [0.4, 0.5) is 5.13 Å². The fraction of sp³-hybridized carbons (Fsp3) is 0.333. The Morgan fingerprint density at radius 1 is 1.40 bits per heavy atom. The highest BCUT2D eigenvalue weighted by Gasteiger charge is 2.18. The first-order valence-corrected chi connectivity index (χ1v) is 5.95. The lowest BCUT2D eigenvalue weighted by Gasteiger charge is -2.26. The molecule has 6 heteroatoms. The van der Waals surface area contributed by atoms with E-state index in [0.29, 0.717) is 5.15 Å². The summed E-state index contributed by atoms with van der Waals surface area (Å²) in [5, 5.41) is 3.41. The second-order valence-electron chi connectivity index (χ2n) is 3.41. The minimum Gasteiger partial charge on any atom is -0.339 e. The Kier molecular flexibility index (Phi) is 2.14. The van der Waals surface area contributed by atoms with Gasteiger partial charge in [0, 0.05) is 30.9 Å². The van der Waals surface area contributed by atoms with Crippen molar-refractivity contribution in [3.63, 3.8) is 0 Å². The molecule has 0 radical (unpaired) electrons. The zero-order valence-corrected chi connectivity index (χ0v) is 9.50. The SMILES string of the molecule is Clc1csc(N2CCn3ccnc3C2)n1. The van der Waals surface area contributed by atoms with Crippen molar-refractivity contribution < 1.29 is 0 Å². The van der Waals surface area contributed by atoms with Crippen molar-refractivity contribution in [1.29, 1.82) is 0 Å². The van der Waals surface area contributed by atoms with E-state index in [0.717, 1.165) is 30.6 Å². The topological polar surface area (TPSA) is 34.0 Å². The minimum absolute atomic E-state index is 0.573. The monoisotopic (exact) mass is 240 g/mol. The van der Waals surface area contributed by atoms with E-state index in [9.17, 15) is 0 Å². The van der Waals surface area contributed by atoms with E-state index in [-0.39, 0.29) is 0 Å². The number of thiazole rings is 1. The van der Waals surface area contributed by atoms with E-state index < -0.39 is 0 Å². The molecule has 0 bridgehead atoms. The maximum atomic E-state index is 5.81. The highest BCUT2D eigenvalue weighted by Crippen LogP contribution is 2.26. The van der Waals surface area contributed by atoms with Gasteiger partial charge in [-0.3, -0.25) is 0 Å². The molecule has 1 aliphatic heterocycles. The second-order valence-corrected chi connectivity index (χ2v) is 4.64. The van der Waals surface area contributed by atoms with Crippen LogP contribution in [0.25, 0.3) is 0 Å².